The summed E-state index contributed by atoms with van der Waals surface area (Å²) in [5, 5.41) is 8.55. The first-order chi connectivity index (χ1) is 8.34. The van der Waals surface area contributed by atoms with Crippen molar-refractivity contribution in [2.75, 3.05) is 18.1 Å². The first kappa shape index (κ1) is 11.2. The van der Waals surface area contributed by atoms with E-state index in [1.54, 1.807) is 6.07 Å². The second-order valence-corrected chi connectivity index (χ2v) is 5.06. The van der Waals surface area contributed by atoms with Crippen molar-refractivity contribution in [2.24, 2.45) is 0 Å². The number of hydrogen-bond donors (Lipinski definition) is 0. The van der Waals surface area contributed by atoms with E-state index in [4.69, 9.17) is 16.3 Å². The molecule has 1 saturated carbocycles. The van der Waals surface area contributed by atoms with Crippen molar-refractivity contribution in [3.05, 3.63) is 17.3 Å². The fraction of sp³-hybridized carbons (Fsp3) is 0.667. The van der Waals surface area contributed by atoms with E-state index in [0.717, 1.165) is 19.0 Å². The highest BCUT2D eigenvalue weighted by Gasteiger charge is 2.34. The molecule has 92 valence electrons. The Morgan fingerprint density at radius 1 is 1.24 bits per heavy atom. The van der Waals surface area contributed by atoms with Crippen molar-refractivity contribution < 1.29 is 4.74 Å². The Hall–Kier alpha value is -0.870. The van der Waals surface area contributed by atoms with Gasteiger partial charge in [-0.2, -0.15) is 0 Å². The van der Waals surface area contributed by atoms with Crippen LogP contribution in [0, 0.1) is 0 Å². The van der Waals surface area contributed by atoms with E-state index < -0.39 is 0 Å². The van der Waals surface area contributed by atoms with Crippen LogP contribution in [0.15, 0.2) is 12.1 Å². The van der Waals surface area contributed by atoms with Crippen LogP contribution in [-0.2, 0) is 4.74 Å². The van der Waals surface area contributed by atoms with Crippen LogP contribution >= 0.6 is 11.6 Å². The first-order valence-corrected chi connectivity index (χ1v) is 6.60. The lowest BCUT2D eigenvalue weighted by Crippen LogP contribution is -2.53. The van der Waals surface area contributed by atoms with Gasteiger partial charge in [0.1, 0.15) is 0 Å². The van der Waals surface area contributed by atoms with Gasteiger partial charge in [-0.15, -0.1) is 10.2 Å². The van der Waals surface area contributed by atoms with Crippen LogP contribution in [0.5, 0.6) is 0 Å². The molecule has 1 aromatic rings. The molecule has 1 aliphatic carbocycles. The van der Waals surface area contributed by atoms with Gasteiger partial charge in [0, 0.05) is 6.54 Å². The summed E-state index contributed by atoms with van der Waals surface area (Å²) in [7, 11) is 0. The van der Waals surface area contributed by atoms with E-state index in [1.165, 1.54) is 25.7 Å². The highest BCUT2D eigenvalue weighted by atomic mass is 35.5. The lowest BCUT2D eigenvalue weighted by Gasteiger charge is -2.44. The Labute approximate surface area is 106 Å². The largest absolute Gasteiger partial charge is 0.374 e. The third kappa shape index (κ3) is 2.24. The van der Waals surface area contributed by atoms with Crippen LogP contribution in [0.3, 0.4) is 0 Å². The maximum Gasteiger partial charge on any atom is 0.151 e. The van der Waals surface area contributed by atoms with Crippen molar-refractivity contribution >= 4 is 17.4 Å². The number of fused-ring (bicyclic) bond motifs is 1. The second kappa shape index (κ2) is 4.78. The minimum Gasteiger partial charge on any atom is -0.374 e. The first-order valence-electron chi connectivity index (χ1n) is 6.22. The molecule has 2 atom stereocenters. The molecule has 5 heteroatoms. The number of hydrogen-bond acceptors (Lipinski definition) is 4. The number of morpholine rings is 1. The van der Waals surface area contributed by atoms with E-state index in [1.807, 2.05) is 6.07 Å². The zero-order valence-corrected chi connectivity index (χ0v) is 10.4. The van der Waals surface area contributed by atoms with Gasteiger partial charge < -0.3 is 9.64 Å². The fourth-order valence-corrected chi connectivity index (χ4v) is 2.94. The fourth-order valence-electron chi connectivity index (χ4n) is 2.84. The lowest BCUT2D eigenvalue weighted by atomic mass is 9.90. The molecule has 0 aromatic carbocycles. The molecular formula is C12H16ClN3O. The summed E-state index contributed by atoms with van der Waals surface area (Å²) >= 11 is 5.77. The van der Waals surface area contributed by atoms with E-state index in [2.05, 4.69) is 15.1 Å². The van der Waals surface area contributed by atoms with Gasteiger partial charge >= 0.3 is 0 Å². The number of rotatable bonds is 1. The minimum absolute atomic E-state index is 0.370. The number of ether oxygens (including phenoxy) is 1. The van der Waals surface area contributed by atoms with Gasteiger partial charge in [0.2, 0.25) is 0 Å². The van der Waals surface area contributed by atoms with Gasteiger partial charge in [-0.1, -0.05) is 24.4 Å². The standard InChI is InChI=1S/C12H16ClN3O/c13-11-5-6-12(15-14-11)16-7-8-17-10-4-2-1-3-9(10)16/h5-6,9-10H,1-4,7-8H2. The molecular weight excluding hydrogens is 238 g/mol. The number of aromatic nitrogens is 2. The summed E-state index contributed by atoms with van der Waals surface area (Å²) < 4.78 is 5.84. The number of anilines is 1. The quantitative estimate of drug-likeness (QED) is 0.770. The van der Waals surface area contributed by atoms with Gasteiger partial charge in [0.15, 0.2) is 11.0 Å². The molecule has 2 unspecified atom stereocenters. The number of nitrogens with zero attached hydrogens (tertiary/aromatic N) is 3. The van der Waals surface area contributed by atoms with E-state index in [9.17, 15) is 0 Å². The summed E-state index contributed by atoms with van der Waals surface area (Å²) in [6.45, 7) is 1.68. The summed E-state index contributed by atoms with van der Waals surface area (Å²) in [5.41, 5.74) is 0. The molecule has 3 rings (SSSR count). The Morgan fingerprint density at radius 3 is 2.94 bits per heavy atom. The molecule has 0 N–H and O–H groups in total. The molecule has 1 aromatic heterocycles. The van der Waals surface area contributed by atoms with Gasteiger partial charge in [-0.3, -0.25) is 0 Å². The zero-order valence-electron chi connectivity index (χ0n) is 9.68. The topological polar surface area (TPSA) is 38.2 Å². The summed E-state index contributed by atoms with van der Waals surface area (Å²) in [5.74, 6) is 0.926. The molecule has 2 aliphatic rings. The molecule has 2 fully saturated rings. The molecule has 1 saturated heterocycles. The second-order valence-electron chi connectivity index (χ2n) is 4.67. The molecule has 17 heavy (non-hydrogen) atoms. The van der Waals surface area contributed by atoms with Crippen LogP contribution in [0.1, 0.15) is 25.7 Å². The summed E-state index contributed by atoms with van der Waals surface area (Å²) in [6.07, 6.45) is 5.29. The Balaban J connectivity index is 1.83. The smallest absolute Gasteiger partial charge is 0.151 e. The Kier molecular flexibility index (Phi) is 3.16. The Morgan fingerprint density at radius 2 is 2.12 bits per heavy atom. The van der Waals surface area contributed by atoms with Crippen molar-refractivity contribution in [3.8, 4) is 0 Å². The van der Waals surface area contributed by atoms with Crippen molar-refractivity contribution in [1.29, 1.82) is 0 Å². The average Bonchev–Trinajstić information content (AvgIpc) is 2.39. The normalized spacial score (nSPS) is 28.9. The Bertz CT molecular complexity index is 382. The molecule has 0 radical (unpaired) electrons. The van der Waals surface area contributed by atoms with Gasteiger partial charge in [-0.25, -0.2) is 0 Å². The number of halogens is 1. The van der Waals surface area contributed by atoms with Gasteiger partial charge in [0.05, 0.1) is 18.8 Å². The van der Waals surface area contributed by atoms with Crippen LogP contribution in [-0.4, -0.2) is 35.5 Å². The SMILES string of the molecule is Clc1ccc(N2CCOC3CCCCC32)nn1. The highest BCUT2D eigenvalue weighted by Crippen LogP contribution is 2.30. The summed E-state index contributed by atoms with van der Waals surface area (Å²) in [4.78, 5) is 2.33. The van der Waals surface area contributed by atoms with Crippen LogP contribution in [0.2, 0.25) is 5.15 Å². The molecule has 4 nitrogen and oxygen atoms in total. The predicted octanol–water partition coefficient (Wildman–Crippen LogP) is 2.28. The molecule has 2 heterocycles. The van der Waals surface area contributed by atoms with Crippen LogP contribution in [0.25, 0.3) is 0 Å². The van der Waals surface area contributed by atoms with Gasteiger partial charge in [-0.05, 0) is 25.0 Å². The van der Waals surface area contributed by atoms with E-state index in [0.29, 0.717) is 17.3 Å². The van der Waals surface area contributed by atoms with E-state index in [-0.39, 0.29) is 0 Å². The van der Waals surface area contributed by atoms with Crippen LogP contribution in [0.4, 0.5) is 5.82 Å². The van der Waals surface area contributed by atoms with Gasteiger partial charge in [0.25, 0.3) is 0 Å². The lowest BCUT2D eigenvalue weighted by molar-refractivity contribution is -0.00904. The summed E-state index contributed by atoms with van der Waals surface area (Å²) in [6, 6.07) is 4.22. The van der Waals surface area contributed by atoms with E-state index >= 15 is 0 Å². The average molecular weight is 254 g/mol. The third-order valence-corrected chi connectivity index (χ3v) is 3.85. The van der Waals surface area contributed by atoms with Crippen molar-refractivity contribution in [3.63, 3.8) is 0 Å². The maximum absolute atomic E-state index is 5.84. The highest BCUT2D eigenvalue weighted by molar-refractivity contribution is 6.29. The van der Waals surface area contributed by atoms with Crippen molar-refractivity contribution in [1.82, 2.24) is 10.2 Å². The molecule has 0 bridgehead atoms. The minimum atomic E-state index is 0.370. The maximum atomic E-state index is 5.84. The van der Waals surface area contributed by atoms with Crippen molar-refractivity contribution in [2.45, 2.75) is 37.8 Å². The zero-order chi connectivity index (χ0) is 11.7. The van der Waals surface area contributed by atoms with Crippen LogP contribution < -0.4 is 4.90 Å². The molecule has 0 amide bonds. The molecule has 1 aliphatic heterocycles. The third-order valence-electron chi connectivity index (χ3n) is 3.64. The predicted molar refractivity (Wildman–Crippen MR) is 66.4 cm³/mol. The monoisotopic (exact) mass is 253 g/mol. The molecule has 0 spiro atoms.